The molecule has 1 aromatic rings. The van der Waals surface area contributed by atoms with Gasteiger partial charge in [-0.3, -0.25) is 4.79 Å². The van der Waals surface area contributed by atoms with E-state index < -0.39 is 5.97 Å². The Hall–Kier alpha value is -0.870. The van der Waals surface area contributed by atoms with Crippen molar-refractivity contribution in [3.63, 3.8) is 0 Å². The summed E-state index contributed by atoms with van der Waals surface area (Å²) in [6.07, 6.45) is 1.77. The molecule has 0 saturated carbocycles. The zero-order valence-electron chi connectivity index (χ0n) is 9.85. The molecule has 1 N–H and O–H groups in total. The van der Waals surface area contributed by atoms with Gasteiger partial charge >= 0.3 is 5.97 Å². The summed E-state index contributed by atoms with van der Waals surface area (Å²) in [5.74, 6) is -0.948. The Balaban J connectivity index is 2.16. The third-order valence-electron chi connectivity index (χ3n) is 2.69. The minimum Gasteiger partial charge on any atom is -0.481 e. The summed E-state index contributed by atoms with van der Waals surface area (Å²) in [7, 11) is 2.04. The Kier molecular flexibility index (Phi) is 5.49. The van der Waals surface area contributed by atoms with Crippen LogP contribution in [0.15, 0.2) is 17.5 Å². The van der Waals surface area contributed by atoms with Gasteiger partial charge in [-0.05, 0) is 37.9 Å². The van der Waals surface area contributed by atoms with Crippen LogP contribution in [0.1, 0.15) is 18.2 Å². The molecule has 1 aromatic heterocycles. The van der Waals surface area contributed by atoms with Crippen LogP contribution in [0.5, 0.6) is 0 Å². The van der Waals surface area contributed by atoms with Crippen LogP contribution in [0.2, 0.25) is 0 Å². The molecule has 16 heavy (non-hydrogen) atoms. The van der Waals surface area contributed by atoms with E-state index in [-0.39, 0.29) is 5.92 Å². The van der Waals surface area contributed by atoms with Crippen molar-refractivity contribution in [2.45, 2.75) is 19.8 Å². The second kappa shape index (κ2) is 6.66. The maximum Gasteiger partial charge on any atom is 0.306 e. The SMILES string of the molecule is CC(CCN(C)CCc1cccs1)C(=O)O. The van der Waals surface area contributed by atoms with Crippen LogP contribution in [0.25, 0.3) is 0 Å². The van der Waals surface area contributed by atoms with Crippen molar-refractivity contribution in [2.24, 2.45) is 5.92 Å². The Bertz CT molecular complexity index is 311. The predicted octanol–water partition coefficient (Wildman–Crippen LogP) is 2.33. The molecule has 0 saturated heterocycles. The van der Waals surface area contributed by atoms with Crippen molar-refractivity contribution in [3.05, 3.63) is 22.4 Å². The van der Waals surface area contributed by atoms with E-state index in [4.69, 9.17) is 5.11 Å². The molecular weight excluding hydrogens is 222 g/mol. The van der Waals surface area contributed by atoms with Crippen molar-refractivity contribution in [2.75, 3.05) is 20.1 Å². The maximum atomic E-state index is 10.6. The van der Waals surface area contributed by atoms with Gasteiger partial charge in [-0.2, -0.15) is 0 Å². The highest BCUT2D eigenvalue weighted by molar-refractivity contribution is 7.09. The van der Waals surface area contributed by atoms with Gasteiger partial charge in [-0.25, -0.2) is 0 Å². The first-order valence-electron chi connectivity index (χ1n) is 5.53. The molecule has 0 aliphatic carbocycles. The topological polar surface area (TPSA) is 40.5 Å². The van der Waals surface area contributed by atoms with Crippen LogP contribution < -0.4 is 0 Å². The normalized spacial score (nSPS) is 12.9. The van der Waals surface area contributed by atoms with Gasteiger partial charge < -0.3 is 10.0 Å². The van der Waals surface area contributed by atoms with Crippen LogP contribution in [-0.4, -0.2) is 36.1 Å². The molecular formula is C12H19NO2S. The van der Waals surface area contributed by atoms with Gasteiger partial charge in [-0.1, -0.05) is 13.0 Å². The third kappa shape index (κ3) is 4.77. The molecule has 1 heterocycles. The number of carboxylic acids is 1. The molecule has 1 rings (SSSR count). The number of aliphatic carboxylic acids is 1. The monoisotopic (exact) mass is 241 g/mol. The summed E-state index contributed by atoms with van der Waals surface area (Å²) < 4.78 is 0. The van der Waals surface area contributed by atoms with Gasteiger partial charge in [0.15, 0.2) is 0 Å². The lowest BCUT2D eigenvalue weighted by Crippen LogP contribution is -2.25. The standard InChI is InChI=1S/C12H19NO2S/c1-10(12(14)15)5-7-13(2)8-6-11-4-3-9-16-11/h3-4,9-10H,5-8H2,1-2H3,(H,14,15). The van der Waals surface area contributed by atoms with E-state index in [2.05, 4.69) is 22.4 Å². The summed E-state index contributed by atoms with van der Waals surface area (Å²) >= 11 is 1.77. The van der Waals surface area contributed by atoms with Gasteiger partial charge in [0.05, 0.1) is 5.92 Å². The van der Waals surface area contributed by atoms with Crippen LogP contribution in [0.4, 0.5) is 0 Å². The third-order valence-corrected chi connectivity index (χ3v) is 3.62. The zero-order valence-corrected chi connectivity index (χ0v) is 10.7. The number of carbonyl (C=O) groups is 1. The highest BCUT2D eigenvalue weighted by atomic mass is 32.1. The number of nitrogens with zero attached hydrogens (tertiary/aromatic N) is 1. The maximum absolute atomic E-state index is 10.6. The van der Waals surface area contributed by atoms with Crippen LogP contribution >= 0.6 is 11.3 Å². The fourth-order valence-electron chi connectivity index (χ4n) is 1.41. The lowest BCUT2D eigenvalue weighted by atomic mass is 10.1. The molecule has 0 aliphatic rings. The van der Waals surface area contributed by atoms with E-state index in [9.17, 15) is 4.79 Å². The summed E-state index contributed by atoms with van der Waals surface area (Å²) in [5.41, 5.74) is 0. The quantitative estimate of drug-likeness (QED) is 0.796. The van der Waals surface area contributed by atoms with Crippen molar-refractivity contribution in [1.29, 1.82) is 0 Å². The second-order valence-electron chi connectivity index (χ2n) is 4.16. The number of carboxylic acid groups (broad SMARTS) is 1. The molecule has 1 unspecified atom stereocenters. The fourth-order valence-corrected chi connectivity index (χ4v) is 2.10. The van der Waals surface area contributed by atoms with Gasteiger partial charge in [0.1, 0.15) is 0 Å². The van der Waals surface area contributed by atoms with E-state index in [1.54, 1.807) is 18.3 Å². The summed E-state index contributed by atoms with van der Waals surface area (Å²) in [6.45, 7) is 3.60. The predicted molar refractivity (Wildman–Crippen MR) is 66.9 cm³/mol. The van der Waals surface area contributed by atoms with Crippen LogP contribution in [0, 0.1) is 5.92 Å². The van der Waals surface area contributed by atoms with E-state index in [1.165, 1.54) is 4.88 Å². The van der Waals surface area contributed by atoms with E-state index in [1.807, 2.05) is 7.05 Å². The Morgan fingerprint density at radius 1 is 1.56 bits per heavy atom. The summed E-state index contributed by atoms with van der Waals surface area (Å²) in [5, 5.41) is 10.8. The molecule has 4 heteroatoms. The van der Waals surface area contributed by atoms with E-state index in [0.29, 0.717) is 0 Å². The van der Waals surface area contributed by atoms with Crippen molar-refractivity contribution in [3.8, 4) is 0 Å². The number of hydrogen-bond acceptors (Lipinski definition) is 3. The fraction of sp³-hybridized carbons (Fsp3) is 0.583. The first-order chi connectivity index (χ1) is 7.59. The van der Waals surface area contributed by atoms with Gasteiger partial charge in [-0.15, -0.1) is 11.3 Å². The summed E-state index contributed by atoms with van der Waals surface area (Å²) in [6, 6.07) is 4.20. The van der Waals surface area contributed by atoms with E-state index >= 15 is 0 Å². The first-order valence-corrected chi connectivity index (χ1v) is 6.41. The highest BCUT2D eigenvalue weighted by Crippen LogP contribution is 2.10. The Morgan fingerprint density at radius 3 is 2.88 bits per heavy atom. The van der Waals surface area contributed by atoms with E-state index in [0.717, 1.165) is 25.9 Å². The number of rotatable bonds is 7. The molecule has 90 valence electrons. The average Bonchev–Trinajstić information content (AvgIpc) is 2.75. The molecule has 0 fully saturated rings. The zero-order chi connectivity index (χ0) is 12.0. The van der Waals surface area contributed by atoms with Crippen LogP contribution in [-0.2, 0) is 11.2 Å². The van der Waals surface area contributed by atoms with Gasteiger partial charge in [0, 0.05) is 11.4 Å². The van der Waals surface area contributed by atoms with Crippen molar-refractivity contribution in [1.82, 2.24) is 4.90 Å². The molecule has 0 bridgehead atoms. The first kappa shape index (κ1) is 13.2. The molecule has 1 atom stereocenters. The lowest BCUT2D eigenvalue weighted by molar-refractivity contribution is -0.141. The average molecular weight is 241 g/mol. The molecule has 0 aliphatic heterocycles. The smallest absolute Gasteiger partial charge is 0.306 e. The number of likely N-dealkylation sites (N-methyl/N-ethyl adjacent to an activating group) is 1. The molecule has 0 aromatic carbocycles. The van der Waals surface area contributed by atoms with Gasteiger partial charge in [0.25, 0.3) is 0 Å². The summed E-state index contributed by atoms with van der Waals surface area (Å²) in [4.78, 5) is 14.2. The van der Waals surface area contributed by atoms with Crippen molar-refractivity contribution < 1.29 is 9.90 Å². The molecule has 0 spiro atoms. The molecule has 0 radical (unpaired) electrons. The highest BCUT2D eigenvalue weighted by Gasteiger charge is 2.11. The minimum absolute atomic E-state index is 0.246. The Morgan fingerprint density at radius 2 is 2.31 bits per heavy atom. The van der Waals surface area contributed by atoms with Crippen LogP contribution in [0.3, 0.4) is 0 Å². The largest absolute Gasteiger partial charge is 0.481 e. The van der Waals surface area contributed by atoms with Gasteiger partial charge in [0.2, 0.25) is 0 Å². The molecule has 0 amide bonds. The number of hydrogen-bond donors (Lipinski definition) is 1. The second-order valence-corrected chi connectivity index (χ2v) is 5.19. The number of thiophene rings is 1. The Labute approximate surface area is 101 Å². The minimum atomic E-state index is -0.702. The lowest BCUT2D eigenvalue weighted by Gasteiger charge is -2.17. The molecule has 3 nitrogen and oxygen atoms in total. The van der Waals surface area contributed by atoms with Crippen molar-refractivity contribution >= 4 is 17.3 Å².